The Morgan fingerprint density at radius 1 is 0.929 bits per heavy atom. The van der Waals surface area contributed by atoms with Gasteiger partial charge in [-0.1, -0.05) is 11.3 Å². The van der Waals surface area contributed by atoms with Gasteiger partial charge in [-0.15, -0.1) is 10.2 Å². The number of nitrogens with one attached hydrogen (secondary N) is 3. The first-order chi connectivity index (χ1) is 13.4. The summed E-state index contributed by atoms with van der Waals surface area (Å²) in [6, 6.07) is 7.21. The van der Waals surface area contributed by atoms with Crippen LogP contribution in [0.4, 0.5) is 29.3 Å². The minimum absolute atomic E-state index is 0.0473. The highest BCUT2D eigenvalue weighted by atomic mass is 32.1. The summed E-state index contributed by atoms with van der Waals surface area (Å²) in [6.07, 6.45) is 0. The van der Waals surface area contributed by atoms with E-state index in [9.17, 15) is 22.8 Å². The van der Waals surface area contributed by atoms with Gasteiger partial charge in [0.25, 0.3) is 5.91 Å². The quantitative estimate of drug-likeness (QED) is 0.603. The molecule has 28 heavy (non-hydrogen) atoms. The average molecular weight is 407 g/mol. The lowest BCUT2D eigenvalue weighted by Crippen LogP contribution is -2.28. The van der Waals surface area contributed by atoms with E-state index in [2.05, 4.69) is 26.1 Å². The molecule has 0 aliphatic rings. The lowest BCUT2D eigenvalue weighted by molar-refractivity contribution is 0.102. The van der Waals surface area contributed by atoms with Gasteiger partial charge >= 0.3 is 6.03 Å². The van der Waals surface area contributed by atoms with Crippen LogP contribution in [-0.4, -0.2) is 22.1 Å². The molecule has 0 unspecified atom stereocenters. The largest absolute Gasteiger partial charge is 0.331 e. The Bertz CT molecular complexity index is 1010. The number of hydrogen-bond acceptors (Lipinski definition) is 5. The van der Waals surface area contributed by atoms with Gasteiger partial charge in [-0.05, 0) is 36.4 Å². The number of nitrogens with zero attached hydrogens (tertiary/aromatic N) is 2. The Kier molecular flexibility index (Phi) is 5.84. The Morgan fingerprint density at radius 2 is 1.64 bits per heavy atom. The van der Waals surface area contributed by atoms with Crippen LogP contribution in [0.5, 0.6) is 0 Å². The number of rotatable bonds is 5. The lowest BCUT2D eigenvalue weighted by Gasteiger charge is -2.07. The standard InChI is InChI=1S/C17H12F3N5O2S/c18-9-1-4-11(5-2-9)22-15(26)16-25-24-14(28-16)8-21-17(27)23-13-6-3-10(19)7-12(13)20/h1-7H,8H2,(H,22,26)(H2,21,23,27). The highest BCUT2D eigenvalue weighted by Gasteiger charge is 2.14. The Hall–Kier alpha value is -3.47. The van der Waals surface area contributed by atoms with Gasteiger partial charge in [-0.2, -0.15) is 0 Å². The molecule has 144 valence electrons. The molecule has 3 N–H and O–H groups in total. The molecule has 0 saturated carbocycles. The molecule has 11 heteroatoms. The minimum Gasteiger partial charge on any atom is -0.331 e. The van der Waals surface area contributed by atoms with Gasteiger partial charge in [-0.3, -0.25) is 4.79 Å². The van der Waals surface area contributed by atoms with Crippen LogP contribution < -0.4 is 16.0 Å². The van der Waals surface area contributed by atoms with E-state index in [-0.39, 0.29) is 17.2 Å². The van der Waals surface area contributed by atoms with Gasteiger partial charge in [-0.25, -0.2) is 18.0 Å². The lowest BCUT2D eigenvalue weighted by atomic mass is 10.3. The topological polar surface area (TPSA) is 96.0 Å². The van der Waals surface area contributed by atoms with E-state index in [0.717, 1.165) is 23.5 Å². The summed E-state index contributed by atoms with van der Waals surface area (Å²) >= 11 is 0.942. The number of halogens is 3. The van der Waals surface area contributed by atoms with Gasteiger partial charge < -0.3 is 16.0 Å². The summed E-state index contributed by atoms with van der Waals surface area (Å²) < 4.78 is 39.2. The van der Waals surface area contributed by atoms with Crippen molar-refractivity contribution in [1.29, 1.82) is 0 Å². The Labute approximate surface area is 160 Å². The summed E-state index contributed by atoms with van der Waals surface area (Å²) in [5.74, 6) is -2.64. The molecular weight excluding hydrogens is 395 g/mol. The number of hydrogen-bond donors (Lipinski definition) is 3. The maximum absolute atomic E-state index is 13.5. The number of anilines is 2. The molecule has 0 saturated heterocycles. The summed E-state index contributed by atoms with van der Waals surface area (Å²) in [5.41, 5.74) is 0.206. The molecule has 0 spiro atoms. The number of urea groups is 1. The zero-order chi connectivity index (χ0) is 20.1. The molecule has 0 fully saturated rings. The first-order valence-corrected chi connectivity index (χ1v) is 8.61. The molecule has 0 bridgehead atoms. The third-order valence-electron chi connectivity index (χ3n) is 3.34. The average Bonchev–Trinajstić information content (AvgIpc) is 3.13. The predicted octanol–water partition coefficient (Wildman–Crippen LogP) is 3.53. The van der Waals surface area contributed by atoms with Crippen molar-refractivity contribution in [2.45, 2.75) is 6.54 Å². The molecule has 7 nitrogen and oxygen atoms in total. The smallest absolute Gasteiger partial charge is 0.319 e. The number of carbonyl (C=O) groups excluding carboxylic acids is 2. The van der Waals surface area contributed by atoms with Crippen molar-refractivity contribution in [2.75, 3.05) is 10.6 Å². The van der Waals surface area contributed by atoms with Gasteiger partial charge in [0.2, 0.25) is 5.01 Å². The first-order valence-electron chi connectivity index (χ1n) is 7.80. The Morgan fingerprint density at radius 3 is 2.36 bits per heavy atom. The summed E-state index contributed by atoms with van der Waals surface area (Å²) in [6.45, 7) is -0.0594. The summed E-state index contributed by atoms with van der Waals surface area (Å²) in [5, 5.41) is 15.1. The SMILES string of the molecule is O=C(NCc1nnc(C(=O)Nc2ccc(F)cc2)s1)Nc1ccc(F)cc1F. The van der Waals surface area contributed by atoms with Crippen LogP contribution in [0.15, 0.2) is 42.5 Å². The molecule has 2 aromatic carbocycles. The fraction of sp³-hybridized carbons (Fsp3) is 0.0588. The van der Waals surface area contributed by atoms with Crippen molar-refractivity contribution >= 4 is 34.6 Å². The van der Waals surface area contributed by atoms with E-state index >= 15 is 0 Å². The normalized spacial score (nSPS) is 10.4. The first kappa shape index (κ1) is 19.3. The number of aromatic nitrogens is 2. The molecule has 1 heterocycles. The highest BCUT2D eigenvalue weighted by Crippen LogP contribution is 2.16. The van der Waals surface area contributed by atoms with Crippen molar-refractivity contribution in [3.8, 4) is 0 Å². The zero-order valence-corrected chi connectivity index (χ0v) is 14.8. The van der Waals surface area contributed by atoms with Crippen LogP contribution in [0.2, 0.25) is 0 Å². The molecule has 1 aromatic heterocycles. The van der Waals surface area contributed by atoms with Crippen LogP contribution in [0.1, 0.15) is 14.8 Å². The third kappa shape index (κ3) is 5.04. The van der Waals surface area contributed by atoms with Crippen molar-refractivity contribution in [3.05, 3.63) is 69.9 Å². The fourth-order valence-electron chi connectivity index (χ4n) is 2.05. The van der Waals surface area contributed by atoms with E-state index in [0.29, 0.717) is 16.8 Å². The Balaban J connectivity index is 1.53. The number of carbonyl (C=O) groups is 2. The fourth-order valence-corrected chi connectivity index (χ4v) is 2.72. The van der Waals surface area contributed by atoms with Crippen molar-refractivity contribution < 1.29 is 22.8 Å². The molecular formula is C17H12F3N5O2S. The molecule has 0 radical (unpaired) electrons. The molecule has 0 aliphatic heterocycles. The monoisotopic (exact) mass is 407 g/mol. The third-order valence-corrected chi connectivity index (χ3v) is 4.26. The van der Waals surface area contributed by atoms with E-state index in [1.165, 1.54) is 24.3 Å². The second kappa shape index (κ2) is 8.48. The minimum atomic E-state index is -0.911. The van der Waals surface area contributed by atoms with E-state index in [1.54, 1.807) is 0 Å². The molecule has 3 rings (SSSR count). The predicted molar refractivity (Wildman–Crippen MR) is 96.5 cm³/mol. The van der Waals surface area contributed by atoms with Crippen LogP contribution in [0.25, 0.3) is 0 Å². The van der Waals surface area contributed by atoms with Crippen LogP contribution in [0.3, 0.4) is 0 Å². The van der Waals surface area contributed by atoms with Crippen molar-refractivity contribution in [2.24, 2.45) is 0 Å². The second-order valence-corrected chi connectivity index (χ2v) is 6.46. The molecule has 0 aliphatic carbocycles. The van der Waals surface area contributed by atoms with E-state index in [1.807, 2.05) is 0 Å². The van der Waals surface area contributed by atoms with Gasteiger partial charge in [0.1, 0.15) is 22.5 Å². The summed E-state index contributed by atoms with van der Waals surface area (Å²) in [7, 11) is 0. The van der Waals surface area contributed by atoms with Crippen LogP contribution in [0, 0.1) is 17.5 Å². The van der Waals surface area contributed by atoms with Crippen LogP contribution >= 0.6 is 11.3 Å². The molecule has 3 amide bonds. The molecule has 3 aromatic rings. The number of benzene rings is 2. The second-order valence-electron chi connectivity index (χ2n) is 5.39. The zero-order valence-electron chi connectivity index (χ0n) is 14.0. The van der Waals surface area contributed by atoms with Crippen molar-refractivity contribution in [1.82, 2.24) is 15.5 Å². The van der Waals surface area contributed by atoms with E-state index < -0.39 is 29.4 Å². The number of amides is 3. The maximum Gasteiger partial charge on any atom is 0.319 e. The van der Waals surface area contributed by atoms with E-state index in [4.69, 9.17) is 0 Å². The van der Waals surface area contributed by atoms with Crippen LogP contribution in [-0.2, 0) is 6.54 Å². The van der Waals surface area contributed by atoms with Gasteiger partial charge in [0.15, 0.2) is 0 Å². The van der Waals surface area contributed by atoms with Gasteiger partial charge in [0.05, 0.1) is 12.2 Å². The van der Waals surface area contributed by atoms with Gasteiger partial charge in [0, 0.05) is 11.8 Å². The highest BCUT2D eigenvalue weighted by molar-refractivity contribution is 7.13. The summed E-state index contributed by atoms with van der Waals surface area (Å²) in [4.78, 5) is 23.9. The van der Waals surface area contributed by atoms with Crippen molar-refractivity contribution in [3.63, 3.8) is 0 Å². The molecule has 0 atom stereocenters. The maximum atomic E-state index is 13.5.